The number of para-hydroxylation sites is 1. The van der Waals surface area contributed by atoms with Crippen LogP contribution in [0.25, 0.3) is 0 Å². The summed E-state index contributed by atoms with van der Waals surface area (Å²) in [7, 11) is 0. The van der Waals surface area contributed by atoms with E-state index in [4.69, 9.17) is 4.74 Å². The first kappa shape index (κ1) is 20.4. The van der Waals surface area contributed by atoms with Gasteiger partial charge in [0.25, 0.3) is 5.91 Å². The van der Waals surface area contributed by atoms with E-state index in [1.807, 2.05) is 69.3 Å². The highest BCUT2D eigenvalue weighted by atomic mass is 32.2. The lowest BCUT2D eigenvalue weighted by atomic mass is 10.1. The molecule has 1 N–H and O–H groups in total. The number of thioether (sulfide) groups is 1. The van der Waals surface area contributed by atoms with Crippen molar-refractivity contribution < 1.29 is 9.53 Å². The Bertz CT molecular complexity index is 920. The second-order valence-electron chi connectivity index (χ2n) is 6.63. The van der Waals surface area contributed by atoms with Crippen LogP contribution in [0.15, 0.2) is 58.8 Å². The Morgan fingerprint density at radius 2 is 1.93 bits per heavy atom. The highest BCUT2D eigenvalue weighted by Crippen LogP contribution is 2.24. The van der Waals surface area contributed by atoms with Gasteiger partial charge in [-0.3, -0.25) is 4.79 Å². The summed E-state index contributed by atoms with van der Waals surface area (Å²) in [6, 6.07) is 15.5. The van der Waals surface area contributed by atoms with E-state index >= 15 is 0 Å². The zero-order valence-corrected chi connectivity index (χ0v) is 17.9. The van der Waals surface area contributed by atoms with E-state index in [9.17, 15) is 4.79 Å². The molecule has 28 heavy (non-hydrogen) atoms. The Balaban J connectivity index is 1.55. The van der Waals surface area contributed by atoms with Gasteiger partial charge in [0.1, 0.15) is 5.75 Å². The first-order chi connectivity index (χ1) is 13.5. The summed E-state index contributed by atoms with van der Waals surface area (Å²) in [4.78, 5) is 18.1. The number of carbonyl (C=O) groups is 1. The van der Waals surface area contributed by atoms with Crippen molar-refractivity contribution in [3.63, 3.8) is 0 Å². The second-order valence-corrected chi connectivity index (χ2v) is 8.74. The summed E-state index contributed by atoms with van der Waals surface area (Å²) in [5, 5.41) is 6.15. The number of hydrogen-bond acceptors (Lipinski definition) is 5. The molecule has 3 aromatic rings. The van der Waals surface area contributed by atoms with Crippen molar-refractivity contribution in [2.24, 2.45) is 0 Å². The Kier molecular flexibility index (Phi) is 7.12. The minimum absolute atomic E-state index is 0.0916. The molecule has 4 nitrogen and oxygen atoms in total. The van der Waals surface area contributed by atoms with Gasteiger partial charge in [0, 0.05) is 33.7 Å². The molecule has 0 bridgehead atoms. The van der Waals surface area contributed by atoms with Crippen LogP contribution in [0, 0.1) is 6.92 Å². The normalized spacial score (nSPS) is 10.9. The second kappa shape index (κ2) is 9.75. The topological polar surface area (TPSA) is 51.2 Å². The molecule has 0 aliphatic heterocycles. The molecule has 0 radical (unpaired) electrons. The Morgan fingerprint density at radius 3 is 2.61 bits per heavy atom. The van der Waals surface area contributed by atoms with Gasteiger partial charge >= 0.3 is 0 Å². The van der Waals surface area contributed by atoms with Gasteiger partial charge in [-0.05, 0) is 51.1 Å². The number of carbonyl (C=O) groups excluding carboxylic acids is 1. The molecule has 0 aliphatic rings. The maximum Gasteiger partial charge on any atom is 0.251 e. The fraction of sp³-hybridized carbons (Fsp3) is 0.273. The van der Waals surface area contributed by atoms with Crippen molar-refractivity contribution in [2.45, 2.75) is 44.1 Å². The standard InChI is InChI=1S/C22H24N2O2S2/c1-15(2)26-21-7-5-4-6-18(21)12-23-22(25)17-8-10-20(11-9-17)28-14-19-13-27-16(3)24-19/h4-11,13,15H,12,14H2,1-3H3,(H,23,25). The van der Waals surface area contributed by atoms with Crippen molar-refractivity contribution in [3.8, 4) is 5.75 Å². The molecule has 0 atom stereocenters. The molecule has 0 saturated heterocycles. The van der Waals surface area contributed by atoms with Crippen LogP contribution in [-0.4, -0.2) is 17.0 Å². The largest absolute Gasteiger partial charge is 0.491 e. The lowest BCUT2D eigenvalue weighted by molar-refractivity contribution is 0.0950. The first-order valence-electron chi connectivity index (χ1n) is 9.18. The first-order valence-corrected chi connectivity index (χ1v) is 11.0. The molecule has 1 amide bonds. The lowest BCUT2D eigenvalue weighted by Gasteiger charge is -2.14. The van der Waals surface area contributed by atoms with E-state index in [-0.39, 0.29) is 12.0 Å². The third-order valence-electron chi connectivity index (χ3n) is 3.94. The van der Waals surface area contributed by atoms with Gasteiger partial charge < -0.3 is 10.1 Å². The molecule has 146 valence electrons. The van der Waals surface area contributed by atoms with Gasteiger partial charge in [-0.25, -0.2) is 4.98 Å². The Labute approximate surface area is 174 Å². The van der Waals surface area contributed by atoms with Crippen molar-refractivity contribution in [2.75, 3.05) is 0 Å². The fourth-order valence-corrected chi connectivity index (χ4v) is 4.14. The minimum atomic E-state index is -0.0916. The molecule has 0 fully saturated rings. The van der Waals surface area contributed by atoms with E-state index < -0.39 is 0 Å². The zero-order chi connectivity index (χ0) is 19.9. The van der Waals surface area contributed by atoms with Crippen LogP contribution in [0.4, 0.5) is 0 Å². The van der Waals surface area contributed by atoms with Gasteiger partial charge in [-0.1, -0.05) is 18.2 Å². The van der Waals surface area contributed by atoms with Gasteiger partial charge in [0.2, 0.25) is 0 Å². The maximum atomic E-state index is 12.5. The van der Waals surface area contributed by atoms with E-state index in [0.29, 0.717) is 12.1 Å². The van der Waals surface area contributed by atoms with E-state index in [1.54, 1.807) is 23.1 Å². The summed E-state index contributed by atoms with van der Waals surface area (Å²) in [5.74, 6) is 1.55. The highest BCUT2D eigenvalue weighted by molar-refractivity contribution is 7.98. The van der Waals surface area contributed by atoms with Crippen LogP contribution >= 0.6 is 23.1 Å². The highest BCUT2D eigenvalue weighted by Gasteiger charge is 2.09. The number of benzene rings is 2. The van der Waals surface area contributed by atoms with Crippen molar-refractivity contribution >= 4 is 29.0 Å². The number of ether oxygens (including phenoxy) is 1. The molecule has 6 heteroatoms. The molecule has 0 aliphatic carbocycles. The summed E-state index contributed by atoms with van der Waals surface area (Å²) in [5.41, 5.74) is 2.71. The SMILES string of the molecule is Cc1nc(CSc2ccc(C(=O)NCc3ccccc3OC(C)C)cc2)cs1. The average molecular weight is 413 g/mol. The summed E-state index contributed by atoms with van der Waals surface area (Å²) < 4.78 is 5.81. The molecule has 2 aromatic carbocycles. The van der Waals surface area contributed by atoms with Gasteiger partial charge in [0.15, 0.2) is 0 Å². The Hall–Kier alpha value is -2.31. The van der Waals surface area contributed by atoms with E-state index in [0.717, 1.165) is 32.7 Å². The summed E-state index contributed by atoms with van der Waals surface area (Å²) >= 11 is 3.39. The van der Waals surface area contributed by atoms with Crippen molar-refractivity contribution in [3.05, 3.63) is 75.7 Å². The number of aryl methyl sites for hydroxylation is 1. The number of nitrogens with zero attached hydrogens (tertiary/aromatic N) is 1. The number of thiazole rings is 1. The van der Waals surface area contributed by atoms with E-state index in [2.05, 4.69) is 15.7 Å². The number of amides is 1. The third kappa shape index (κ3) is 5.84. The molecule has 0 unspecified atom stereocenters. The molecule has 1 aromatic heterocycles. The molecule has 0 saturated carbocycles. The van der Waals surface area contributed by atoms with Crippen LogP contribution in [0.3, 0.4) is 0 Å². The van der Waals surface area contributed by atoms with E-state index in [1.165, 1.54) is 0 Å². The smallest absolute Gasteiger partial charge is 0.251 e. The van der Waals surface area contributed by atoms with Gasteiger partial charge in [-0.15, -0.1) is 23.1 Å². The minimum Gasteiger partial charge on any atom is -0.491 e. The lowest BCUT2D eigenvalue weighted by Crippen LogP contribution is -2.23. The predicted molar refractivity (Wildman–Crippen MR) is 116 cm³/mol. The summed E-state index contributed by atoms with van der Waals surface area (Å²) in [6.07, 6.45) is 0.0927. The molecule has 0 spiro atoms. The van der Waals surface area contributed by atoms with Gasteiger partial charge in [0.05, 0.1) is 16.8 Å². The number of nitrogens with one attached hydrogen (secondary N) is 1. The number of hydrogen-bond donors (Lipinski definition) is 1. The zero-order valence-electron chi connectivity index (χ0n) is 16.3. The van der Waals surface area contributed by atoms with Crippen LogP contribution in [0.5, 0.6) is 5.75 Å². The Morgan fingerprint density at radius 1 is 1.18 bits per heavy atom. The van der Waals surface area contributed by atoms with Crippen LogP contribution < -0.4 is 10.1 Å². The molecular formula is C22H24N2O2S2. The molecule has 1 heterocycles. The van der Waals surface area contributed by atoms with Crippen LogP contribution in [0.1, 0.15) is 40.5 Å². The van der Waals surface area contributed by atoms with Crippen LogP contribution in [-0.2, 0) is 12.3 Å². The molecule has 3 rings (SSSR count). The fourth-order valence-electron chi connectivity index (χ4n) is 2.63. The van der Waals surface area contributed by atoms with Crippen molar-refractivity contribution in [1.82, 2.24) is 10.3 Å². The average Bonchev–Trinajstić information content (AvgIpc) is 3.10. The van der Waals surface area contributed by atoms with Gasteiger partial charge in [-0.2, -0.15) is 0 Å². The number of aromatic nitrogens is 1. The summed E-state index contributed by atoms with van der Waals surface area (Å²) in [6.45, 7) is 6.43. The quantitative estimate of drug-likeness (QED) is 0.499. The number of rotatable bonds is 8. The predicted octanol–water partition coefficient (Wildman–Crippen LogP) is 5.46. The molecular weight excluding hydrogens is 388 g/mol. The van der Waals surface area contributed by atoms with Crippen molar-refractivity contribution in [1.29, 1.82) is 0 Å². The maximum absolute atomic E-state index is 12.5. The monoisotopic (exact) mass is 412 g/mol. The third-order valence-corrected chi connectivity index (χ3v) is 5.81. The van der Waals surface area contributed by atoms with Crippen LogP contribution in [0.2, 0.25) is 0 Å².